The summed E-state index contributed by atoms with van der Waals surface area (Å²) in [5.41, 5.74) is 11.9. The van der Waals surface area contributed by atoms with Crippen LogP contribution >= 0.6 is 0 Å². The summed E-state index contributed by atoms with van der Waals surface area (Å²) in [5, 5.41) is 88.1. The van der Waals surface area contributed by atoms with Gasteiger partial charge >= 0.3 is 5.97 Å². The molecule has 27 heteroatoms. The number of hydrogen-bond donors (Lipinski definition) is 17. The maximum Gasteiger partial charge on any atom is 0.328 e. The van der Waals surface area contributed by atoms with Crippen LogP contribution in [0.2, 0.25) is 0 Å². The number of carbonyl (C=O) groups is 10. The first-order valence-corrected chi connectivity index (χ1v) is 23.0. The number of phenols is 1. The van der Waals surface area contributed by atoms with Gasteiger partial charge in [0.15, 0.2) is 6.04 Å². The van der Waals surface area contributed by atoms with Crippen molar-refractivity contribution in [2.75, 3.05) is 13.2 Å². The minimum absolute atomic E-state index is 0.131. The molecule has 2 aromatic carbocycles. The molecule has 19 N–H and O–H groups in total. The maximum atomic E-state index is 14.0. The van der Waals surface area contributed by atoms with Crippen LogP contribution in [0.15, 0.2) is 54.6 Å². The fraction of sp³-hybridized carbons (Fsp3) is 0.522. The van der Waals surface area contributed by atoms with Crippen molar-refractivity contribution >= 4 is 59.1 Å². The molecule has 404 valence electrons. The number of benzene rings is 2. The summed E-state index contributed by atoms with van der Waals surface area (Å²) in [7, 11) is 0. The van der Waals surface area contributed by atoms with Gasteiger partial charge in [-0.05, 0) is 49.9 Å². The van der Waals surface area contributed by atoms with E-state index in [-0.39, 0.29) is 25.0 Å². The number of aromatic hydroxyl groups is 1. The first-order valence-electron chi connectivity index (χ1n) is 23.0. The van der Waals surface area contributed by atoms with Crippen molar-refractivity contribution < 1.29 is 83.7 Å². The molecule has 0 saturated heterocycles. The van der Waals surface area contributed by atoms with Crippen LogP contribution in [-0.2, 0) is 60.8 Å². The largest absolute Gasteiger partial charge is 0.508 e. The number of aliphatic hydroxyl groups excluding tert-OH is 5. The van der Waals surface area contributed by atoms with Crippen molar-refractivity contribution in [1.29, 1.82) is 0 Å². The van der Waals surface area contributed by atoms with Gasteiger partial charge in [-0.1, -0.05) is 62.7 Å². The first-order chi connectivity index (χ1) is 34.2. The molecule has 2 aromatic rings. The Labute approximate surface area is 419 Å². The van der Waals surface area contributed by atoms with Gasteiger partial charge in [0.1, 0.15) is 54.1 Å². The molecule has 13 atom stereocenters. The third kappa shape index (κ3) is 20.0. The normalized spacial score (nSPS) is 16.5. The van der Waals surface area contributed by atoms with Crippen LogP contribution in [0, 0.1) is 5.92 Å². The highest BCUT2D eigenvalue weighted by Crippen LogP contribution is 2.14. The van der Waals surface area contributed by atoms with Gasteiger partial charge in [-0.15, -0.1) is 0 Å². The van der Waals surface area contributed by atoms with Crippen LogP contribution < -0.4 is 54.0 Å². The summed E-state index contributed by atoms with van der Waals surface area (Å²) < 4.78 is 0. The molecule has 0 aliphatic rings. The number of amides is 9. The lowest BCUT2D eigenvalue weighted by Crippen LogP contribution is -2.64. The standard InChI is InChI=1S/C46H68N10O17/c1-6-21(2)34(43(69)51-31(18-33(48)63)40(66)50-30(17-26-12-14-27(62)15-13-26)41(67)56-37(24(5)61)46(72)73)53-44(70)36(23(4)60)55-45(71)35(22(3)59)54-42(68)32(20-58)52-39(65)29(49-38(64)28(47)19-57)16-25-10-8-7-9-11-25/h7-15,21-24,28-32,34-37,57-62H,6,16-20,47H2,1-5H3,(H2,48,63)(H,49,64)(H,50,66)(H,51,69)(H,52,65)(H,53,70)(H,54,68)(H,55,71)(H,56,67)(H,72,73)/t21-,22+,23+,24+,28-,29-,30-,31-,32-,34-,35-,36-,37-/m0/s1. The molecule has 0 saturated carbocycles. The fourth-order valence-electron chi connectivity index (χ4n) is 6.80. The predicted octanol–water partition coefficient (Wildman–Crippen LogP) is -6.48. The lowest BCUT2D eigenvalue weighted by atomic mass is 9.96. The molecule has 0 heterocycles. The molecule has 9 amide bonds. The van der Waals surface area contributed by atoms with E-state index in [1.54, 1.807) is 37.3 Å². The predicted molar refractivity (Wildman–Crippen MR) is 255 cm³/mol. The Balaban J connectivity index is 2.34. The number of carbonyl (C=O) groups excluding carboxylic acids is 9. The number of rotatable bonds is 30. The monoisotopic (exact) mass is 1030 g/mol. The van der Waals surface area contributed by atoms with Crippen molar-refractivity contribution in [3.05, 3.63) is 65.7 Å². The Morgan fingerprint density at radius 1 is 0.493 bits per heavy atom. The van der Waals surface area contributed by atoms with Gasteiger partial charge < -0.3 is 89.7 Å². The lowest BCUT2D eigenvalue weighted by molar-refractivity contribution is -0.145. The molecule has 0 unspecified atom stereocenters. The van der Waals surface area contributed by atoms with Crippen LogP contribution in [0.25, 0.3) is 0 Å². The second-order valence-corrected chi connectivity index (χ2v) is 17.3. The van der Waals surface area contributed by atoms with Crippen LogP contribution in [0.4, 0.5) is 0 Å². The molecule has 2 rings (SSSR count). The summed E-state index contributed by atoms with van der Waals surface area (Å²) in [4.78, 5) is 132. The number of carboxylic acid groups (broad SMARTS) is 1. The minimum Gasteiger partial charge on any atom is -0.508 e. The summed E-state index contributed by atoms with van der Waals surface area (Å²) in [5.74, 6) is -12.7. The van der Waals surface area contributed by atoms with Crippen LogP contribution in [0.3, 0.4) is 0 Å². The molecule has 0 aromatic heterocycles. The fourth-order valence-corrected chi connectivity index (χ4v) is 6.80. The number of nitrogens with two attached hydrogens (primary N) is 2. The van der Waals surface area contributed by atoms with E-state index in [2.05, 4.69) is 42.5 Å². The molecule has 0 fully saturated rings. The zero-order chi connectivity index (χ0) is 55.3. The van der Waals surface area contributed by atoms with E-state index in [1.807, 2.05) is 0 Å². The number of carboxylic acids is 1. The van der Waals surface area contributed by atoms with Gasteiger partial charge in [0.05, 0.1) is 37.9 Å². The van der Waals surface area contributed by atoms with Crippen molar-refractivity contribution in [3.63, 3.8) is 0 Å². The van der Waals surface area contributed by atoms with Crippen molar-refractivity contribution in [3.8, 4) is 5.75 Å². The minimum atomic E-state index is -1.93. The molecule has 73 heavy (non-hydrogen) atoms. The van der Waals surface area contributed by atoms with Gasteiger partial charge in [0, 0.05) is 12.8 Å². The van der Waals surface area contributed by atoms with E-state index in [1.165, 1.54) is 31.2 Å². The van der Waals surface area contributed by atoms with E-state index in [9.17, 15) is 83.7 Å². The van der Waals surface area contributed by atoms with Crippen molar-refractivity contribution in [2.45, 2.75) is 133 Å². The molecule has 0 spiro atoms. The van der Waals surface area contributed by atoms with E-state index < -0.39 is 157 Å². The van der Waals surface area contributed by atoms with Crippen molar-refractivity contribution in [1.82, 2.24) is 42.5 Å². The quantitative estimate of drug-likeness (QED) is 0.0346. The third-order valence-corrected chi connectivity index (χ3v) is 11.3. The molecular formula is C46H68N10O17. The van der Waals surface area contributed by atoms with Gasteiger partial charge in [0.2, 0.25) is 53.2 Å². The molecule has 27 nitrogen and oxygen atoms in total. The van der Waals surface area contributed by atoms with Crippen molar-refractivity contribution in [2.24, 2.45) is 17.4 Å². The highest BCUT2D eigenvalue weighted by atomic mass is 16.4. The Morgan fingerprint density at radius 3 is 1.33 bits per heavy atom. The Hall–Kier alpha value is -7.30. The van der Waals surface area contributed by atoms with Gasteiger partial charge in [-0.3, -0.25) is 43.2 Å². The first kappa shape index (κ1) is 61.8. The van der Waals surface area contributed by atoms with E-state index in [0.29, 0.717) is 11.1 Å². The highest BCUT2D eigenvalue weighted by molar-refractivity contribution is 5.99. The third-order valence-electron chi connectivity index (χ3n) is 11.3. The Morgan fingerprint density at radius 2 is 0.877 bits per heavy atom. The second kappa shape index (κ2) is 29.9. The van der Waals surface area contributed by atoms with Crippen LogP contribution in [0.5, 0.6) is 5.75 Å². The topological polar surface area (TPSA) is 461 Å². The van der Waals surface area contributed by atoms with Gasteiger partial charge in [-0.25, -0.2) is 4.79 Å². The van der Waals surface area contributed by atoms with Gasteiger partial charge in [-0.2, -0.15) is 0 Å². The summed E-state index contributed by atoms with van der Waals surface area (Å²) in [6.45, 7) is 4.52. The number of hydrogen-bond acceptors (Lipinski definition) is 17. The van der Waals surface area contributed by atoms with Gasteiger partial charge in [0.25, 0.3) is 0 Å². The number of phenolic OH excluding ortho intramolecular Hbond substituents is 1. The number of nitrogens with one attached hydrogen (secondary N) is 8. The zero-order valence-electron chi connectivity index (χ0n) is 40.8. The average Bonchev–Trinajstić information content (AvgIpc) is 3.33. The summed E-state index contributed by atoms with van der Waals surface area (Å²) in [6, 6.07) is -1.75. The number of aliphatic hydroxyl groups is 5. The Bertz CT molecular complexity index is 2220. The lowest BCUT2D eigenvalue weighted by Gasteiger charge is -2.30. The number of primary amides is 1. The summed E-state index contributed by atoms with van der Waals surface area (Å²) in [6.07, 6.45) is -6.24. The average molecular weight is 1030 g/mol. The van der Waals surface area contributed by atoms with E-state index >= 15 is 0 Å². The Kier molecular flexibility index (Phi) is 25.3. The van der Waals surface area contributed by atoms with E-state index in [4.69, 9.17) is 11.5 Å². The van der Waals surface area contributed by atoms with Crippen LogP contribution in [-0.4, -0.2) is 181 Å². The molecule has 0 radical (unpaired) electrons. The molecule has 0 aliphatic carbocycles. The summed E-state index contributed by atoms with van der Waals surface area (Å²) >= 11 is 0. The number of aliphatic carboxylic acids is 1. The van der Waals surface area contributed by atoms with Crippen LogP contribution in [0.1, 0.15) is 58.6 Å². The second-order valence-electron chi connectivity index (χ2n) is 17.3. The van der Waals surface area contributed by atoms with E-state index in [0.717, 1.165) is 20.8 Å². The smallest absolute Gasteiger partial charge is 0.328 e. The SMILES string of the molecule is CC[C@H](C)[C@H](NC(=O)[C@@H](NC(=O)[C@@H](NC(=O)[C@H](CO)NC(=O)[C@H](Cc1ccccc1)NC(=O)[C@@H](N)CO)[C@@H](C)O)[C@@H](C)O)C(=O)N[C@@H](CC(N)=O)C(=O)N[C@@H](Cc1ccc(O)cc1)C(=O)N[C@H](C(=O)O)[C@@H](C)O. The highest BCUT2D eigenvalue weighted by Gasteiger charge is 2.38. The molecule has 0 bridgehead atoms. The maximum absolute atomic E-state index is 14.0. The molecular weight excluding hydrogens is 965 g/mol. The molecule has 0 aliphatic heterocycles. The zero-order valence-corrected chi connectivity index (χ0v) is 40.8.